The second-order valence-electron chi connectivity index (χ2n) is 12.4. The van der Waals surface area contributed by atoms with Crippen molar-refractivity contribution in [2.75, 3.05) is 7.05 Å². The molecule has 6 aliphatic rings. The lowest BCUT2D eigenvalue weighted by Gasteiger charge is -2.48. The van der Waals surface area contributed by atoms with Gasteiger partial charge in [0.15, 0.2) is 0 Å². The van der Waals surface area contributed by atoms with E-state index in [9.17, 15) is 0 Å². The van der Waals surface area contributed by atoms with Crippen LogP contribution in [0.1, 0.15) is 90.4 Å². The Morgan fingerprint density at radius 3 is 2.14 bits per heavy atom. The van der Waals surface area contributed by atoms with Crippen molar-refractivity contribution >= 4 is 8.07 Å². The third kappa shape index (κ3) is 2.58. The van der Waals surface area contributed by atoms with Crippen molar-refractivity contribution in [1.82, 2.24) is 4.90 Å². The molecule has 0 aromatic heterocycles. The van der Waals surface area contributed by atoms with Crippen LogP contribution in [0, 0.1) is 29.6 Å². The number of fused-ring (bicyclic) bond motifs is 5. The highest BCUT2D eigenvalue weighted by atomic mass is 28.3. The Morgan fingerprint density at radius 1 is 0.714 bits per heavy atom. The Labute approximate surface area is 175 Å². The van der Waals surface area contributed by atoms with Crippen LogP contribution >= 0.6 is 0 Å². The molecule has 2 aliphatic heterocycles. The first-order valence-corrected chi connectivity index (χ1v) is 16.0. The Morgan fingerprint density at radius 2 is 1.39 bits per heavy atom. The van der Waals surface area contributed by atoms with Crippen LogP contribution in [-0.2, 0) is 0 Å². The zero-order chi connectivity index (χ0) is 18.9. The third-order valence-corrected chi connectivity index (χ3v) is 18.5. The van der Waals surface area contributed by atoms with Gasteiger partial charge in [-0.2, -0.15) is 0 Å². The maximum absolute atomic E-state index is 3.02. The topological polar surface area (TPSA) is 3.24 Å². The van der Waals surface area contributed by atoms with Gasteiger partial charge in [0, 0.05) is 12.1 Å². The third-order valence-electron chi connectivity index (χ3n) is 11.6. The van der Waals surface area contributed by atoms with Crippen molar-refractivity contribution < 1.29 is 0 Å². The SMILES string of the molecule is CC1CCC2C(C1)C1C(C3CCCCC3C1[Si]1(C3CCCC3)CCCC1)N2C. The molecule has 1 nitrogen and oxygen atoms in total. The van der Waals surface area contributed by atoms with Gasteiger partial charge in [0.25, 0.3) is 0 Å². The lowest BCUT2D eigenvalue weighted by atomic mass is 9.73. The highest BCUT2D eigenvalue weighted by Crippen LogP contribution is 2.69. The van der Waals surface area contributed by atoms with E-state index in [0.717, 1.165) is 41.7 Å². The van der Waals surface area contributed by atoms with Crippen molar-refractivity contribution in [2.45, 2.75) is 126 Å². The van der Waals surface area contributed by atoms with E-state index < -0.39 is 8.07 Å². The Balaban J connectivity index is 1.43. The molecule has 6 fully saturated rings. The minimum atomic E-state index is -1.11. The monoisotopic (exact) mass is 399 g/mol. The van der Waals surface area contributed by atoms with E-state index in [1.807, 2.05) is 0 Å². The highest BCUT2D eigenvalue weighted by molar-refractivity contribution is 6.83. The molecule has 6 rings (SSSR count). The van der Waals surface area contributed by atoms with Crippen LogP contribution in [0.15, 0.2) is 0 Å². The molecule has 2 heterocycles. The molecule has 0 bridgehead atoms. The van der Waals surface area contributed by atoms with Gasteiger partial charge in [-0.15, -0.1) is 0 Å². The first kappa shape index (κ1) is 18.9. The molecule has 0 aromatic rings. The summed E-state index contributed by atoms with van der Waals surface area (Å²) >= 11 is 0. The van der Waals surface area contributed by atoms with Crippen molar-refractivity contribution in [3.63, 3.8) is 0 Å². The minimum absolute atomic E-state index is 0.965. The number of likely N-dealkylation sites (tertiary alicyclic amines) is 1. The van der Waals surface area contributed by atoms with Crippen LogP contribution in [0.5, 0.6) is 0 Å². The molecule has 0 aromatic carbocycles. The molecule has 0 N–H and O–H groups in total. The van der Waals surface area contributed by atoms with E-state index in [1.54, 1.807) is 82.7 Å². The first-order valence-electron chi connectivity index (χ1n) is 13.4. The van der Waals surface area contributed by atoms with Crippen LogP contribution in [0.4, 0.5) is 0 Å². The molecular formula is C26H45NSi. The second-order valence-corrected chi connectivity index (χ2v) is 17.4. The summed E-state index contributed by atoms with van der Waals surface area (Å²) in [6, 6.07) is 5.48. The smallest absolute Gasteiger partial charge is 0.0604 e. The number of nitrogens with zero attached hydrogens (tertiary/aromatic N) is 1. The Bertz CT molecular complexity index is 577. The zero-order valence-corrected chi connectivity index (χ0v) is 19.7. The Kier molecular flexibility index (Phi) is 4.80. The van der Waals surface area contributed by atoms with Gasteiger partial charge in [-0.25, -0.2) is 0 Å². The van der Waals surface area contributed by atoms with Gasteiger partial charge in [-0.05, 0) is 73.4 Å². The first-order chi connectivity index (χ1) is 13.7. The summed E-state index contributed by atoms with van der Waals surface area (Å²) in [5.41, 5.74) is 2.49. The fraction of sp³-hybridized carbons (Fsp3) is 1.00. The quantitative estimate of drug-likeness (QED) is 0.448. The predicted octanol–water partition coefficient (Wildman–Crippen LogP) is 7.10. The summed E-state index contributed by atoms with van der Waals surface area (Å²) in [6.45, 7) is 2.58. The largest absolute Gasteiger partial charge is 0.300 e. The number of hydrogen-bond acceptors (Lipinski definition) is 1. The molecule has 158 valence electrons. The van der Waals surface area contributed by atoms with Crippen LogP contribution in [0.2, 0.25) is 23.2 Å². The van der Waals surface area contributed by atoms with E-state index in [0.29, 0.717) is 0 Å². The second kappa shape index (κ2) is 7.11. The van der Waals surface area contributed by atoms with Gasteiger partial charge in [-0.1, -0.05) is 76.8 Å². The summed E-state index contributed by atoms with van der Waals surface area (Å²) in [5, 5.41) is 0. The normalized spacial score (nSPS) is 51.2. The molecule has 8 unspecified atom stereocenters. The number of rotatable bonds is 2. The molecular weight excluding hydrogens is 354 g/mol. The van der Waals surface area contributed by atoms with Gasteiger partial charge in [0.05, 0.1) is 8.07 Å². The van der Waals surface area contributed by atoms with Crippen LogP contribution in [0.25, 0.3) is 0 Å². The van der Waals surface area contributed by atoms with Crippen LogP contribution in [0.3, 0.4) is 0 Å². The average Bonchev–Trinajstić information content (AvgIpc) is 3.47. The Hall–Kier alpha value is 0.177. The summed E-state index contributed by atoms with van der Waals surface area (Å²) in [7, 11) is 1.47. The molecule has 28 heavy (non-hydrogen) atoms. The molecule has 0 radical (unpaired) electrons. The van der Waals surface area contributed by atoms with Gasteiger partial charge in [0.1, 0.15) is 0 Å². The molecule has 2 heteroatoms. The van der Waals surface area contributed by atoms with Crippen molar-refractivity contribution in [1.29, 1.82) is 0 Å². The summed E-state index contributed by atoms with van der Waals surface area (Å²) in [4.78, 5) is 3.02. The van der Waals surface area contributed by atoms with Gasteiger partial charge in [0.2, 0.25) is 0 Å². The fourth-order valence-corrected chi connectivity index (χ4v) is 19.0. The zero-order valence-electron chi connectivity index (χ0n) is 18.7. The van der Waals surface area contributed by atoms with Gasteiger partial charge >= 0.3 is 0 Å². The highest BCUT2D eigenvalue weighted by Gasteiger charge is 2.67. The lowest BCUT2D eigenvalue weighted by Crippen LogP contribution is -2.48. The lowest BCUT2D eigenvalue weighted by molar-refractivity contribution is 0.109. The van der Waals surface area contributed by atoms with Gasteiger partial charge < -0.3 is 0 Å². The fourth-order valence-electron chi connectivity index (χ4n) is 10.8. The van der Waals surface area contributed by atoms with Crippen LogP contribution < -0.4 is 0 Å². The maximum atomic E-state index is 3.02. The van der Waals surface area contributed by atoms with Crippen molar-refractivity contribution in [3.8, 4) is 0 Å². The van der Waals surface area contributed by atoms with Crippen molar-refractivity contribution in [3.05, 3.63) is 0 Å². The standard InChI is InChI=1S/C26H45NSi/c1-18-13-14-23-22(17-18)24-25(27(23)2)20-11-5-6-12-21(20)26(24)28(15-7-8-16-28)19-9-3-4-10-19/h18-26H,3-17H2,1-2H3. The minimum Gasteiger partial charge on any atom is -0.300 e. The molecule has 0 amide bonds. The maximum Gasteiger partial charge on any atom is 0.0604 e. The molecule has 4 aliphatic carbocycles. The molecule has 4 saturated carbocycles. The van der Waals surface area contributed by atoms with E-state index in [4.69, 9.17) is 0 Å². The summed E-state index contributed by atoms with van der Waals surface area (Å²) in [6.07, 6.45) is 20.7. The van der Waals surface area contributed by atoms with E-state index in [1.165, 1.54) is 23.9 Å². The van der Waals surface area contributed by atoms with Crippen LogP contribution in [-0.4, -0.2) is 32.1 Å². The van der Waals surface area contributed by atoms with E-state index in [2.05, 4.69) is 18.9 Å². The molecule has 0 spiro atoms. The summed E-state index contributed by atoms with van der Waals surface area (Å²) < 4.78 is 0. The number of hydrogen-bond donors (Lipinski definition) is 0. The van der Waals surface area contributed by atoms with E-state index >= 15 is 0 Å². The molecule has 2 saturated heterocycles. The van der Waals surface area contributed by atoms with Crippen molar-refractivity contribution in [2.24, 2.45) is 29.6 Å². The average molecular weight is 400 g/mol. The van der Waals surface area contributed by atoms with Gasteiger partial charge in [-0.3, -0.25) is 4.90 Å². The van der Waals surface area contributed by atoms with E-state index in [-0.39, 0.29) is 0 Å². The summed E-state index contributed by atoms with van der Waals surface area (Å²) in [5.74, 6) is 5.48. The molecule has 8 atom stereocenters. The predicted molar refractivity (Wildman–Crippen MR) is 121 cm³/mol.